The molecule has 31 heavy (non-hydrogen) atoms. The van der Waals surface area contributed by atoms with Crippen molar-refractivity contribution < 1.29 is 32.2 Å². The van der Waals surface area contributed by atoms with Crippen molar-refractivity contribution in [2.75, 3.05) is 31.8 Å². The molecule has 0 radical (unpaired) electrons. The van der Waals surface area contributed by atoms with Crippen LogP contribution in [0.25, 0.3) is 0 Å². The van der Waals surface area contributed by atoms with Crippen LogP contribution in [0.1, 0.15) is 35.7 Å². The molecule has 1 N–H and O–H groups in total. The molecule has 168 valence electrons. The predicted octanol–water partition coefficient (Wildman–Crippen LogP) is 3.60. The fraction of sp³-hybridized carbons (Fsp3) is 0.450. The quantitative estimate of drug-likeness (QED) is 0.704. The van der Waals surface area contributed by atoms with Crippen LogP contribution in [0.15, 0.2) is 30.6 Å². The SMILES string of the molecule is CCOc1cc(CNc2ncc(C(=O)N3CCCCOC3)cn2)cc(OC(F)(F)F)c1. The summed E-state index contributed by atoms with van der Waals surface area (Å²) in [6.45, 7) is 3.62. The number of nitrogens with one attached hydrogen (secondary N) is 1. The van der Waals surface area contributed by atoms with Gasteiger partial charge in [0.2, 0.25) is 5.95 Å². The van der Waals surface area contributed by atoms with Crippen LogP contribution in [0.2, 0.25) is 0 Å². The van der Waals surface area contributed by atoms with Gasteiger partial charge in [-0.25, -0.2) is 9.97 Å². The van der Waals surface area contributed by atoms with Crippen LogP contribution in [0, 0.1) is 0 Å². The molecule has 0 atom stereocenters. The monoisotopic (exact) mass is 440 g/mol. The lowest BCUT2D eigenvalue weighted by molar-refractivity contribution is -0.274. The van der Waals surface area contributed by atoms with E-state index in [0.29, 0.717) is 30.9 Å². The number of carbonyl (C=O) groups excluding carboxylic acids is 1. The third kappa shape index (κ3) is 6.99. The van der Waals surface area contributed by atoms with Crippen LogP contribution in [0.4, 0.5) is 19.1 Å². The van der Waals surface area contributed by atoms with Crippen LogP contribution in [0.5, 0.6) is 11.5 Å². The number of anilines is 1. The Kier molecular flexibility index (Phi) is 7.50. The van der Waals surface area contributed by atoms with Gasteiger partial charge in [0, 0.05) is 38.2 Å². The van der Waals surface area contributed by atoms with Crippen molar-refractivity contribution in [2.24, 2.45) is 0 Å². The van der Waals surface area contributed by atoms with Gasteiger partial charge in [-0.3, -0.25) is 4.79 Å². The molecule has 3 rings (SSSR count). The number of benzene rings is 1. The summed E-state index contributed by atoms with van der Waals surface area (Å²) in [4.78, 5) is 22.4. The third-order valence-electron chi connectivity index (χ3n) is 4.33. The van der Waals surface area contributed by atoms with E-state index in [4.69, 9.17) is 9.47 Å². The van der Waals surface area contributed by atoms with Crippen molar-refractivity contribution in [3.8, 4) is 11.5 Å². The molecule has 0 aliphatic carbocycles. The molecule has 2 heterocycles. The number of alkyl halides is 3. The van der Waals surface area contributed by atoms with Crippen LogP contribution >= 0.6 is 0 Å². The molecule has 1 fully saturated rings. The van der Waals surface area contributed by atoms with Gasteiger partial charge in [0.1, 0.15) is 18.2 Å². The summed E-state index contributed by atoms with van der Waals surface area (Å²) in [5, 5.41) is 2.91. The summed E-state index contributed by atoms with van der Waals surface area (Å²) in [6.07, 6.45) is -0.232. The highest BCUT2D eigenvalue weighted by atomic mass is 19.4. The summed E-state index contributed by atoms with van der Waals surface area (Å²) in [5.41, 5.74) is 0.811. The number of amides is 1. The van der Waals surface area contributed by atoms with Crippen molar-refractivity contribution in [3.63, 3.8) is 0 Å². The molecule has 0 saturated carbocycles. The van der Waals surface area contributed by atoms with E-state index in [0.717, 1.165) is 12.8 Å². The maximum Gasteiger partial charge on any atom is 0.573 e. The van der Waals surface area contributed by atoms with E-state index in [1.165, 1.54) is 24.5 Å². The number of nitrogens with zero attached hydrogens (tertiary/aromatic N) is 3. The Balaban J connectivity index is 1.64. The van der Waals surface area contributed by atoms with Gasteiger partial charge >= 0.3 is 6.36 Å². The van der Waals surface area contributed by atoms with Crippen molar-refractivity contribution in [1.29, 1.82) is 0 Å². The summed E-state index contributed by atoms with van der Waals surface area (Å²) in [5.74, 6) is -0.116. The molecule has 0 spiro atoms. The average molecular weight is 440 g/mol. The molecular weight excluding hydrogens is 417 g/mol. The van der Waals surface area contributed by atoms with E-state index in [1.54, 1.807) is 17.9 Å². The Morgan fingerprint density at radius 2 is 1.94 bits per heavy atom. The highest BCUT2D eigenvalue weighted by Crippen LogP contribution is 2.28. The molecule has 11 heteroatoms. The predicted molar refractivity (Wildman–Crippen MR) is 105 cm³/mol. The third-order valence-corrected chi connectivity index (χ3v) is 4.33. The molecule has 8 nitrogen and oxygen atoms in total. The van der Waals surface area contributed by atoms with E-state index in [2.05, 4.69) is 20.0 Å². The Hall–Kier alpha value is -3.08. The lowest BCUT2D eigenvalue weighted by Gasteiger charge is -2.19. The Bertz CT molecular complexity index is 870. The number of ether oxygens (including phenoxy) is 3. The molecule has 1 saturated heterocycles. The van der Waals surface area contributed by atoms with Crippen molar-refractivity contribution in [1.82, 2.24) is 14.9 Å². The van der Waals surface area contributed by atoms with Crippen molar-refractivity contribution in [3.05, 3.63) is 41.7 Å². The summed E-state index contributed by atoms with van der Waals surface area (Å²) >= 11 is 0. The minimum atomic E-state index is -4.81. The first-order chi connectivity index (χ1) is 14.8. The largest absolute Gasteiger partial charge is 0.573 e. The molecule has 2 aromatic rings. The zero-order valence-corrected chi connectivity index (χ0v) is 16.9. The molecule has 0 bridgehead atoms. The van der Waals surface area contributed by atoms with E-state index in [9.17, 15) is 18.0 Å². The average Bonchev–Trinajstić information content (AvgIpc) is 3.00. The zero-order valence-electron chi connectivity index (χ0n) is 16.9. The fourth-order valence-corrected chi connectivity index (χ4v) is 2.97. The van der Waals surface area contributed by atoms with Gasteiger partial charge in [-0.05, 0) is 37.5 Å². The van der Waals surface area contributed by atoms with E-state index in [-0.39, 0.29) is 36.6 Å². The first-order valence-electron chi connectivity index (χ1n) is 9.79. The first-order valence-corrected chi connectivity index (χ1v) is 9.79. The molecule has 0 unspecified atom stereocenters. The normalized spacial score (nSPS) is 14.6. The second-order valence-electron chi connectivity index (χ2n) is 6.76. The van der Waals surface area contributed by atoms with Gasteiger partial charge in [0.25, 0.3) is 5.91 Å². The number of hydrogen-bond acceptors (Lipinski definition) is 7. The van der Waals surface area contributed by atoms with E-state index < -0.39 is 6.36 Å². The minimum absolute atomic E-state index is 0.127. The van der Waals surface area contributed by atoms with Gasteiger partial charge in [-0.15, -0.1) is 13.2 Å². The standard InChI is InChI=1S/C20H23F3N4O4/c1-2-30-16-7-14(8-17(9-16)31-20(21,22)23)10-24-19-25-11-15(12-26-19)18(28)27-5-3-4-6-29-13-27/h7-9,11-12H,2-6,10,13H2,1H3,(H,24,25,26). The molecule has 1 amide bonds. The van der Waals surface area contributed by atoms with Gasteiger partial charge < -0.3 is 24.4 Å². The van der Waals surface area contributed by atoms with Crippen LogP contribution in [-0.4, -0.2) is 53.6 Å². The van der Waals surface area contributed by atoms with Crippen LogP contribution in [0.3, 0.4) is 0 Å². The Morgan fingerprint density at radius 3 is 2.65 bits per heavy atom. The molecule has 1 aromatic heterocycles. The van der Waals surface area contributed by atoms with Gasteiger partial charge in [0.05, 0.1) is 12.2 Å². The lowest BCUT2D eigenvalue weighted by atomic mass is 10.2. The second kappa shape index (κ2) is 10.3. The molecule has 1 aliphatic heterocycles. The van der Waals surface area contributed by atoms with Crippen LogP contribution in [-0.2, 0) is 11.3 Å². The Labute approximate surface area is 177 Å². The summed E-state index contributed by atoms with van der Waals surface area (Å²) < 4.78 is 52.4. The van der Waals surface area contributed by atoms with Crippen molar-refractivity contribution >= 4 is 11.9 Å². The maximum absolute atomic E-state index is 12.6. The molecule has 1 aliphatic rings. The van der Waals surface area contributed by atoms with Crippen LogP contribution < -0.4 is 14.8 Å². The smallest absolute Gasteiger partial charge is 0.494 e. The topological polar surface area (TPSA) is 85.8 Å². The summed E-state index contributed by atoms with van der Waals surface area (Å²) in [7, 11) is 0. The van der Waals surface area contributed by atoms with Crippen molar-refractivity contribution in [2.45, 2.75) is 32.7 Å². The van der Waals surface area contributed by atoms with Gasteiger partial charge in [-0.1, -0.05) is 0 Å². The zero-order chi connectivity index (χ0) is 22.3. The van der Waals surface area contributed by atoms with E-state index in [1.807, 2.05) is 0 Å². The lowest BCUT2D eigenvalue weighted by Crippen LogP contribution is -2.32. The number of rotatable bonds is 7. The van der Waals surface area contributed by atoms with Gasteiger partial charge in [-0.2, -0.15) is 0 Å². The number of aromatic nitrogens is 2. The minimum Gasteiger partial charge on any atom is -0.494 e. The fourth-order valence-electron chi connectivity index (χ4n) is 2.97. The summed E-state index contributed by atoms with van der Waals surface area (Å²) in [6, 6.07) is 4.02. The highest BCUT2D eigenvalue weighted by Gasteiger charge is 2.31. The molecular formula is C20H23F3N4O4. The van der Waals surface area contributed by atoms with Gasteiger partial charge in [0.15, 0.2) is 0 Å². The number of carbonyl (C=O) groups is 1. The maximum atomic E-state index is 12.6. The highest BCUT2D eigenvalue weighted by molar-refractivity contribution is 5.93. The number of hydrogen-bond donors (Lipinski definition) is 1. The molecule has 1 aromatic carbocycles. The first kappa shape index (κ1) is 22.6. The Morgan fingerprint density at radius 1 is 1.19 bits per heavy atom. The number of halogens is 3. The van der Waals surface area contributed by atoms with E-state index >= 15 is 0 Å². The second-order valence-corrected chi connectivity index (χ2v) is 6.76.